The van der Waals surface area contributed by atoms with Crippen molar-refractivity contribution in [2.24, 2.45) is 5.73 Å². The third kappa shape index (κ3) is 2.82. The lowest BCUT2D eigenvalue weighted by molar-refractivity contribution is 0.388. The molecule has 0 unspecified atom stereocenters. The van der Waals surface area contributed by atoms with Crippen molar-refractivity contribution in [1.29, 1.82) is 0 Å². The summed E-state index contributed by atoms with van der Waals surface area (Å²) in [5.41, 5.74) is 8.56. The monoisotopic (exact) mass is 247 g/mol. The second kappa shape index (κ2) is 4.97. The number of hydrogen-bond acceptors (Lipinski definition) is 4. The van der Waals surface area contributed by atoms with E-state index < -0.39 is 0 Å². The Labute approximate surface area is 105 Å². The van der Waals surface area contributed by atoms with Crippen LogP contribution in [0.3, 0.4) is 0 Å². The summed E-state index contributed by atoms with van der Waals surface area (Å²) in [5, 5.41) is 6.86. The Kier molecular flexibility index (Phi) is 3.39. The van der Waals surface area contributed by atoms with Gasteiger partial charge in [-0.3, -0.25) is 0 Å². The molecule has 0 aliphatic rings. The van der Waals surface area contributed by atoms with E-state index in [2.05, 4.69) is 10.5 Å². The molecule has 0 saturated heterocycles. The van der Waals surface area contributed by atoms with E-state index in [0.717, 1.165) is 22.6 Å². The number of nitrogens with one attached hydrogen (secondary N) is 1. The number of nitrogens with two attached hydrogens (primary N) is 1. The van der Waals surface area contributed by atoms with E-state index in [1.807, 2.05) is 31.2 Å². The first kappa shape index (κ1) is 11.6. The SMILES string of the molecule is Cc1ccc(NCc2ccno2)c(C(N)=S)c1. The molecule has 0 radical (unpaired) electrons. The molecule has 3 N–H and O–H groups in total. The van der Waals surface area contributed by atoms with Crippen molar-refractivity contribution in [3.05, 3.63) is 47.3 Å². The molecule has 2 aromatic rings. The van der Waals surface area contributed by atoms with Crippen LogP contribution in [0.15, 0.2) is 35.0 Å². The van der Waals surface area contributed by atoms with Gasteiger partial charge in [-0.1, -0.05) is 29.0 Å². The Balaban J connectivity index is 2.17. The van der Waals surface area contributed by atoms with Crippen LogP contribution in [0.4, 0.5) is 5.69 Å². The highest BCUT2D eigenvalue weighted by Gasteiger charge is 2.06. The molecule has 0 saturated carbocycles. The van der Waals surface area contributed by atoms with E-state index in [4.69, 9.17) is 22.5 Å². The Morgan fingerprint density at radius 3 is 2.94 bits per heavy atom. The van der Waals surface area contributed by atoms with Gasteiger partial charge in [0.05, 0.1) is 12.7 Å². The van der Waals surface area contributed by atoms with Gasteiger partial charge in [0, 0.05) is 17.3 Å². The van der Waals surface area contributed by atoms with Crippen LogP contribution < -0.4 is 11.1 Å². The first-order valence-corrected chi connectivity index (χ1v) is 5.61. The largest absolute Gasteiger partial charge is 0.389 e. The van der Waals surface area contributed by atoms with Crippen LogP contribution in [0.1, 0.15) is 16.9 Å². The molecule has 0 aliphatic heterocycles. The van der Waals surface area contributed by atoms with Crippen molar-refractivity contribution >= 4 is 22.9 Å². The number of aromatic nitrogens is 1. The van der Waals surface area contributed by atoms with Crippen molar-refractivity contribution in [1.82, 2.24) is 5.16 Å². The third-order valence-electron chi connectivity index (χ3n) is 2.38. The zero-order chi connectivity index (χ0) is 12.3. The highest BCUT2D eigenvalue weighted by molar-refractivity contribution is 7.80. The van der Waals surface area contributed by atoms with Crippen LogP contribution in [0, 0.1) is 6.92 Å². The number of hydrogen-bond donors (Lipinski definition) is 2. The quantitative estimate of drug-likeness (QED) is 0.811. The van der Waals surface area contributed by atoms with Crippen LogP contribution >= 0.6 is 12.2 Å². The van der Waals surface area contributed by atoms with Gasteiger partial charge in [0.15, 0.2) is 5.76 Å². The van der Waals surface area contributed by atoms with E-state index in [9.17, 15) is 0 Å². The number of anilines is 1. The molecule has 1 heterocycles. The van der Waals surface area contributed by atoms with E-state index in [1.54, 1.807) is 6.20 Å². The Bertz CT molecular complexity index is 523. The molecule has 0 spiro atoms. The molecule has 0 amide bonds. The fourth-order valence-electron chi connectivity index (χ4n) is 1.53. The van der Waals surface area contributed by atoms with E-state index in [0.29, 0.717) is 11.5 Å². The lowest BCUT2D eigenvalue weighted by atomic mass is 10.1. The second-order valence-corrected chi connectivity index (χ2v) is 4.19. The maximum atomic E-state index is 5.69. The van der Waals surface area contributed by atoms with Gasteiger partial charge in [-0.05, 0) is 19.1 Å². The van der Waals surface area contributed by atoms with Crippen LogP contribution in [0.25, 0.3) is 0 Å². The van der Waals surface area contributed by atoms with Gasteiger partial charge in [-0.2, -0.15) is 0 Å². The minimum Gasteiger partial charge on any atom is -0.389 e. The summed E-state index contributed by atoms with van der Waals surface area (Å²) in [5.74, 6) is 0.763. The van der Waals surface area contributed by atoms with Crippen molar-refractivity contribution in [2.45, 2.75) is 13.5 Å². The molecular weight excluding hydrogens is 234 g/mol. The van der Waals surface area contributed by atoms with Gasteiger partial charge in [-0.25, -0.2) is 0 Å². The lowest BCUT2D eigenvalue weighted by Gasteiger charge is -2.10. The molecular formula is C12H13N3OS. The average molecular weight is 247 g/mol. The number of nitrogens with zero attached hydrogens (tertiary/aromatic N) is 1. The van der Waals surface area contributed by atoms with Gasteiger partial charge in [0.1, 0.15) is 4.99 Å². The zero-order valence-electron chi connectivity index (χ0n) is 9.43. The maximum Gasteiger partial charge on any atom is 0.155 e. The van der Waals surface area contributed by atoms with Crippen LogP contribution in [0.2, 0.25) is 0 Å². The molecule has 17 heavy (non-hydrogen) atoms. The highest BCUT2D eigenvalue weighted by atomic mass is 32.1. The summed E-state index contributed by atoms with van der Waals surface area (Å²) in [6.45, 7) is 2.56. The van der Waals surface area contributed by atoms with Crippen LogP contribution in [-0.2, 0) is 6.54 Å². The molecule has 0 fully saturated rings. The number of benzene rings is 1. The summed E-state index contributed by atoms with van der Waals surface area (Å²) in [7, 11) is 0. The number of aryl methyl sites for hydroxylation is 1. The molecule has 0 bridgehead atoms. The van der Waals surface area contributed by atoms with E-state index >= 15 is 0 Å². The fraction of sp³-hybridized carbons (Fsp3) is 0.167. The molecule has 88 valence electrons. The second-order valence-electron chi connectivity index (χ2n) is 3.75. The molecule has 4 nitrogen and oxygen atoms in total. The smallest absolute Gasteiger partial charge is 0.155 e. The summed E-state index contributed by atoms with van der Waals surface area (Å²) in [6.07, 6.45) is 1.61. The molecule has 2 rings (SSSR count). The minimum atomic E-state index is 0.383. The van der Waals surface area contributed by atoms with Gasteiger partial charge in [-0.15, -0.1) is 0 Å². The summed E-state index contributed by atoms with van der Waals surface area (Å²) >= 11 is 5.03. The highest BCUT2D eigenvalue weighted by Crippen LogP contribution is 2.18. The van der Waals surface area contributed by atoms with Crippen LogP contribution in [-0.4, -0.2) is 10.1 Å². The topological polar surface area (TPSA) is 64.1 Å². The van der Waals surface area contributed by atoms with Crippen LogP contribution in [0.5, 0.6) is 0 Å². The summed E-state index contributed by atoms with van der Waals surface area (Å²) in [4.78, 5) is 0.383. The van der Waals surface area contributed by atoms with Crippen molar-refractivity contribution in [3.63, 3.8) is 0 Å². The Hall–Kier alpha value is -1.88. The summed E-state index contributed by atoms with van der Waals surface area (Å²) < 4.78 is 5.00. The summed E-state index contributed by atoms with van der Waals surface area (Å²) in [6, 6.07) is 7.73. The predicted octanol–water partition coefficient (Wildman–Crippen LogP) is 2.23. The minimum absolute atomic E-state index is 0.383. The molecule has 1 aromatic carbocycles. The van der Waals surface area contributed by atoms with E-state index in [-0.39, 0.29) is 0 Å². The van der Waals surface area contributed by atoms with Gasteiger partial charge >= 0.3 is 0 Å². The average Bonchev–Trinajstić information content (AvgIpc) is 2.80. The van der Waals surface area contributed by atoms with Crippen molar-refractivity contribution in [2.75, 3.05) is 5.32 Å². The first-order chi connectivity index (χ1) is 8.16. The number of thiocarbonyl (C=S) groups is 1. The van der Waals surface area contributed by atoms with Gasteiger partial charge in [0.25, 0.3) is 0 Å². The third-order valence-corrected chi connectivity index (χ3v) is 2.60. The Morgan fingerprint density at radius 1 is 1.47 bits per heavy atom. The predicted molar refractivity (Wildman–Crippen MR) is 70.9 cm³/mol. The molecule has 5 heteroatoms. The normalized spacial score (nSPS) is 10.2. The van der Waals surface area contributed by atoms with Gasteiger partial charge < -0.3 is 15.6 Å². The molecule has 1 aromatic heterocycles. The van der Waals surface area contributed by atoms with Crippen molar-refractivity contribution in [3.8, 4) is 0 Å². The first-order valence-electron chi connectivity index (χ1n) is 5.20. The molecule has 0 atom stereocenters. The maximum absolute atomic E-state index is 5.69. The standard InChI is InChI=1S/C12H13N3OS/c1-8-2-3-11(10(6-8)12(13)17)14-7-9-4-5-15-16-9/h2-6,14H,7H2,1H3,(H2,13,17). The van der Waals surface area contributed by atoms with E-state index in [1.165, 1.54) is 0 Å². The Morgan fingerprint density at radius 2 is 2.29 bits per heavy atom. The van der Waals surface area contributed by atoms with Crippen molar-refractivity contribution < 1.29 is 4.52 Å². The number of rotatable bonds is 4. The zero-order valence-corrected chi connectivity index (χ0v) is 10.3. The van der Waals surface area contributed by atoms with Gasteiger partial charge in [0.2, 0.25) is 0 Å². The fourth-order valence-corrected chi connectivity index (χ4v) is 1.70. The molecule has 0 aliphatic carbocycles. The lowest BCUT2D eigenvalue weighted by Crippen LogP contribution is -2.13.